The fraction of sp³-hybridized carbons (Fsp3) is 0.233. The van der Waals surface area contributed by atoms with Crippen molar-refractivity contribution in [2.24, 2.45) is 5.92 Å². The van der Waals surface area contributed by atoms with Gasteiger partial charge in [-0.3, -0.25) is 18.1 Å². The van der Waals surface area contributed by atoms with E-state index in [-0.39, 0.29) is 17.4 Å². The maximum absolute atomic E-state index is 13.1. The molecule has 0 saturated heterocycles. The number of nitrogens with one attached hydrogen (secondary N) is 1. The highest BCUT2D eigenvalue weighted by Gasteiger charge is 2.30. The molecule has 4 rings (SSSR count). The van der Waals surface area contributed by atoms with Crippen molar-refractivity contribution < 1.29 is 32.7 Å². The van der Waals surface area contributed by atoms with Gasteiger partial charge in [0.05, 0.1) is 5.56 Å². The minimum Gasteiger partial charge on any atom is -0.755 e. The first kappa shape index (κ1) is 29.5. The normalized spacial score (nSPS) is 12.7. The molecule has 2 N–H and O–H groups in total. The molecule has 1 heterocycles. The predicted octanol–water partition coefficient (Wildman–Crippen LogP) is 5.07. The molecular formula is C30H30N3O7S-. The summed E-state index contributed by atoms with van der Waals surface area (Å²) in [6.07, 6.45) is 0. The van der Waals surface area contributed by atoms with Crippen molar-refractivity contribution in [3.63, 3.8) is 0 Å². The molecular weight excluding hydrogens is 546 g/mol. The lowest BCUT2D eigenvalue weighted by molar-refractivity contribution is -0.139. The Hall–Kier alpha value is -4.48. The molecule has 214 valence electrons. The Morgan fingerprint density at radius 2 is 1.54 bits per heavy atom. The second kappa shape index (κ2) is 11.9. The lowest BCUT2D eigenvalue weighted by Gasteiger charge is -2.34. The first-order valence-corrected chi connectivity index (χ1v) is 13.8. The number of amides is 2. The van der Waals surface area contributed by atoms with Crippen molar-refractivity contribution in [3.8, 4) is 11.1 Å². The maximum Gasteiger partial charge on any atom is 0.327 e. The number of aliphatic carboxylic acids is 1. The molecule has 0 aliphatic rings. The van der Waals surface area contributed by atoms with Gasteiger partial charge in [0.1, 0.15) is 11.6 Å². The largest absolute Gasteiger partial charge is 0.755 e. The van der Waals surface area contributed by atoms with Gasteiger partial charge in [0.2, 0.25) is 0 Å². The molecule has 0 fully saturated rings. The highest BCUT2D eigenvalue weighted by atomic mass is 32.2. The van der Waals surface area contributed by atoms with E-state index >= 15 is 0 Å². The molecule has 2 unspecified atom stereocenters. The average molecular weight is 577 g/mol. The van der Waals surface area contributed by atoms with Gasteiger partial charge in [-0.1, -0.05) is 44.2 Å². The zero-order valence-electron chi connectivity index (χ0n) is 23.2. The van der Waals surface area contributed by atoms with Gasteiger partial charge in [-0.25, -0.2) is 4.79 Å². The first-order chi connectivity index (χ1) is 19.4. The smallest absolute Gasteiger partial charge is 0.327 e. The summed E-state index contributed by atoms with van der Waals surface area (Å²) in [6, 6.07) is 17.4. The summed E-state index contributed by atoms with van der Waals surface area (Å²) >= 11 is -2.78. The van der Waals surface area contributed by atoms with E-state index < -0.39 is 35.1 Å². The van der Waals surface area contributed by atoms with E-state index in [9.17, 15) is 28.3 Å². The summed E-state index contributed by atoms with van der Waals surface area (Å²) < 4.78 is 30.4. The highest BCUT2D eigenvalue weighted by molar-refractivity contribution is 7.80. The van der Waals surface area contributed by atoms with E-state index in [2.05, 4.69) is 5.32 Å². The van der Waals surface area contributed by atoms with Crippen molar-refractivity contribution in [1.82, 2.24) is 4.90 Å². The molecule has 2 amide bonds. The van der Waals surface area contributed by atoms with Crippen molar-refractivity contribution >= 4 is 51.4 Å². The molecule has 0 aliphatic heterocycles. The third kappa shape index (κ3) is 6.01. The van der Waals surface area contributed by atoms with Gasteiger partial charge < -0.3 is 24.3 Å². The zero-order valence-corrected chi connectivity index (χ0v) is 24.0. The summed E-state index contributed by atoms with van der Waals surface area (Å²) in [5.41, 5.74) is 3.80. The Morgan fingerprint density at radius 3 is 2.05 bits per heavy atom. The van der Waals surface area contributed by atoms with E-state index in [0.717, 1.165) is 15.4 Å². The van der Waals surface area contributed by atoms with E-state index in [1.54, 1.807) is 102 Å². The number of rotatable bonds is 9. The number of carboxylic acid groups (broad SMARTS) is 1. The number of hydrogen-bond acceptors (Lipinski definition) is 6. The molecule has 3 aromatic carbocycles. The van der Waals surface area contributed by atoms with E-state index in [0.29, 0.717) is 27.8 Å². The average Bonchev–Trinajstić information content (AvgIpc) is 3.27. The molecule has 0 radical (unpaired) electrons. The Morgan fingerprint density at radius 1 is 0.951 bits per heavy atom. The third-order valence-electron chi connectivity index (χ3n) is 6.69. The van der Waals surface area contributed by atoms with Crippen LogP contribution in [-0.4, -0.2) is 56.7 Å². The van der Waals surface area contributed by atoms with Crippen LogP contribution in [0.15, 0.2) is 71.1 Å². The first-order valence-electron chi connectivity index (χ1n) is 12.8. The van der Waals surface area contributed by atoms with Crippen molar-refractivity contribution in [1.29, 1.82) is 0 Å². The van der Waals surface area contributed by atoms with Gasteiger partial charge >= 0.3 is 5.97 Å². The van der Waals surface area contributed by atoms with Crippen LogP contribution in [0.3, 0.4) is 0 Å². The molecule has 41 heavy (non-hydrogen) atoms. The van der Waals surface area contributed by atoms with Gasteiger partial charge in [0.15, 0.2) is 5.76 Å². The molecule has 0 spiro atoms. The number of aryl methyl sites for hydroxylation is 1. The molecule has 4 aromatic rings. The van der Waals surface area contributed by atoms with Crippen LogP contribution in [0.25, 0.3) is 22.1 Å². The van der Waals surface area contributed by atoms with Crippen molar-refractivity contribution in [2.45, 2.75) is 26.8 Å². The fourth-order valence-electron chi connectivity index (χ4n) is 4.67. The van der Waals surface area contributed by atoms with Crippen LogP contribution < -0.4 is 9.62 Å². The van der Waals surface area contributed by atoms with Crippen molar-refractivity contribution in [2.75, 3.05) is 23.7 Å². The van der Waals surface area contributed by atoms with E-state index in [4.69, 9.17) is 4.42 Å². The summed E-state index contributed by atoms with van der Waals surface area (Å²) in [4.78, 5) is 38.9. The minimum absolute atomic E-state index is 0.111. The molecule has 0 bridgehead atoms. The topological polar surface area (TPSA) is 143 Å². The Bertz CT molecular complexity index is 1630. The number of carboxylic acids is 1. The quantitative estimate of drug-likeness (QED) is 0.265. The molecule has 2 atom stereocenters. The van der Waals surface area contributed by atoms with Gasteiger partial charge in [-0.15, -0.1) is 0 Å². The van der Waals surface area contributed by atoms with Gasteiger partial charge in [-0.2, -0.15) is 0 Å². The number of carbonyl (C=O) groups is 3. The van der Waals surface area contributed by atoms with Crippen LogP contribution >= 0.6 is 0 Å². The number of benzene rings is 3. The zero-order chi connectivity index (χ0) is 30.0. The van der Waals surface area contributed by atoms with Crippen LogP contribution in [0.2, 0.25) is 0 Å². The second-order valence-corrected chi connectivity index (χ2v) is 10.9. The number of fused-ring (bicyclic) bond motifs is 1. The van der Waals surface area contributed by atoms with Crippen LogP contribution in [0.1, 0.15) is 40.3 Å². The SMILES string of the molecule is Cc1c(C(=O)Nc2ccc(-c3ccc(N(C(C(=O)O)C(C)C)S(=O)[O-])cc3)cc2)oc2cccc(C(=O)N(C)C)c12. The summed E-state index contributed by atoms with van der Waals surface area (Å²) in [6.45, 7) is 5.03. The number of carbonyl (C=O) groups excluding carboxylic acids is 2. The summed E-state index contributed by atoms with van der Waals surface area (Å²) in [7, 11) is 3.32. The van der Waals surface area contributed by atoms with Gasteiger partial charge in [-0.05, 0) is 60.4 Å². The predicted molar refractivity (Wildman–Crippen MR) is 156 cm³/mol. The number of hydrogen-bond donors (Lipinski definition) is 2. The fourth-order valence-corrected chi connectivity index (χ4v) is 5.48. The second-order valence-electron chi connectivity index (χ2n) is 10.1. The molecule has 11 heteroatoms. The van der Waals surface area contributed by atoms with E-state index in [1.165, 1.54) is 4.90 Å². The van der Waals surface area contributed by atoms with Crippen LogP contribution in [0.5, 0.6) is 0 Å². The standard InChI is InChI=1S/C30H31N3O7S/c1-17(2)26(30(36)37)33(41(38)39)22-15-11-20(12-16-22)19-9-13-21(14-10-19)31-28(34)27-18(3)25-23(29(35)32(4)5)7-6-8-24(25)40-27/h6-17,26H,1-5H3,(H,31,34)(H,36,37)(H,38,39)/p-1. The Labute approximate surface area is 240 Å². The molecule has 0 aliphatic carbocycles. The lowest BCUT2D eigenvalue weighted by atomic mass is 10.0. The summed E-state index contributed by atoms with van der Waals surface area (Å²) in [5.74, 6) is -2.21. The van der Waals surface area contributed by atoms with E-state index in [1.807, 2.05) is 0 Å². The van der Waals surface area contributed by atoms with Crippen LogP contribution in [0.4, 0.5) is 11.4 Å². The molecule has 10 nitrogen and oxygen atoms in total. The molecule has 0 saturated carbocycles. The number of furan rings is 1. The highest BCUT2D eigenvalue weighted by Crippen LogP contribution is 2.31. The molecule has 1 aromatic heterocycles. The van der Waals surface area contributed by atoms with Crippen LogP contribution in [0, 0.1) is 12.8 Å². The monoisotopic (exact) mass is 576 g/mol. The Balaban J connectivity index is 1.53. The number of nitrogens with zero attached hydrogens (tertiary/aromatic N) is 2. The maximum atomic E-state index is 13.1. The van der Waals surface area contributed by atoms with Gasteiger partial charge in [0, 0.05) is 47.7 Å². The van der Waals surface area contributed by atoms with Crippen LogP contribution in [-0.2, 0) is 16.1 Å². The third-order valence-corrected chi connectivity index (χ3v) is 7.45. The van der Waals surface area contributed by atoms with Gasteiger partial charge in [0.25, 0.3) is 11.8 Å². The number of anilines is 2. The summed E-state index contributed by atoms with van der Waals surface area (Å²) in [5, 5.41) is 13.0. The van der Waals surface area contributed by atoms with Crippen molar-refractivity contribution in [3.05, 3.63) is 83.6 Å². The Kier molecular flexibility index (Phi) is 8.60. The minimum atomic E-state index is -2.78. The lowest BCUT2D eigenvalue weighted by Crippen LogP contribution is -2.45.